The molecule has 10 N–H and O–H groups in total. The standard InChI is InChI=1S/C16H14N8O3/c17-11-8(13(26)23-15(18)21-11)7-9-12(22-16(19)24-14(9)27)20-10(7)5-1-3-6(25)4-2-5/h1-4,25H,(H5,17,18,21,23,26)(H4,19,20,22,24,27). The van der Waals surface area contributed by atoms with Gasteiger partial charge in [0, 0.05) is 5.56 Å². The Morgan fingerprint density at radius 2 is 1.44 bits per heavy atom. The summed E-state index contributed by atoms with van der Waals surface area (Å²) in [6.07, 6.45) is 0. The summed E-state index contributed by atoms with van der Waals surface area (Å²) in [7, 11) is 0. The third-order valence-corrected chi connectivity index (χ3v) is 4.05. The Morgan fingerprint density at radius 1 is 0.815 bits per heavy atom. The second kappa shape index (κ2) is 5.62. The molecular formula is C16H14N8O3. The third-order valence-electron chi connectivity index (χ3n) is 4.05. The lowest BCUT2D eigenvalue weighted by molar-refractivity contribution is 0.475. The molecule has 0 saturated heterocycles. The van der Waals surface area contributed by atoms with Gasteiger partial charge in [-0.05, 0) is 29.8 Å². The van der Waals surface area contributed by atoms with E-state index < -0.39 is 11.1 Å². The maximum atomic E-state index is 12.6. The second-order valence-corrected chi connectivity index (χ2v) is 5.81. The number of hydrogen-bond donors (Lipinski definition) is 7. The van der Waals surface area contributed by atoms with E-state index in [-0.39, 0.29) is 45.6 Å². The Hall–Kier alpha value is -4.28. The highest BCUT2D eigenvalue weighted by atomic mass is 16.3. The number of nitrogens with one attached hydrogen (secondary N) is 3. The van der Waals surface area contributed by atoms with Crippen LogP contribution in [0.15, 0.2) is 33.9 Å². The Labute approximate surface area is 149 Å². The van der Waals surface area contributed by atoms with Crippen LogP contribution in [0.4, 0.5) is 17.7 Å². The Morgan fingerprint density at radius 3 is 2.11 bits per heavy atom. The van der Waals surface area contributed by atoms with Crippen LogP contribution >= 0.6 is 0 Å². The molecule has 0 fully saturated rings. The van der Waals surface area contributed by atoms with Crippen molar-refractivity contribution in [3.8, 4) is 28.1 Å². The van der Waals surface area contributed by atoms with Gasteiger partial charge in [-0.15, -0.1) is 0 Å². The molecule has 0 aliphatic rings. The number of rotatable bonds is 2. The first-order valence-corrected chi connectivity index (χ1v) is 7.71. The van der Waals surface area contributed by atoms with Crippen LogP contribution < -0.4 is 28.3 Å². The minimum absolute atomic E-state index is 0.0319. The van der Waals surface area contributed by atoms with Crippen LogP contribution in [-0.4, -0.2) is 30.0 Å². The Bertz CT molecular complexity index is 1300. The van der Waals surface area contributed by atoms with Crippen molar-refractivity contribution in [3.63, 3.8) is 0 Å². The first kappa shape index (κ1) is 16.2. The molecule has 1 aromatic carbocycles. The lowest BCUT2D eigenvalue weighted by atomic mass is 10.0. The zero-order valence-electron chi connectivity index (χ0n) is 13.7. The molecule has 11 heteroatoms. The van der Waals surface area contributed by atoms with Crippen LogP contribution in [-0.2, 0) is 0 Å². The average molecular weight is 366 g/mol. The number of phenolic OH excluding ortho intramolecular Hbond substituents is 1. The van der Waals surface area contributed by atoms with Crippen LogP contribution in [0.25, 0.3) is 33.4 Å². The van der Waals surface area contributed by atoms with Crippen LogP contribution in [0.3, 0.4) is 0 Å². The highest BCUT2D eigenvalue weighted by molar-refractivity contribution is 6.04. The minimum atomic E-state index is -0.614. The smallest absolute Gasteiger partial charge is 0.262 e. The first-order chi connectivity index (χ1) is 12.8. The molecule has 0 radical (unpaired) electrons. The van der Waals surface area contributed by atoms with Gasteiger partial charge in [-0.1, -0.05) is 0 Å². The molecule has 0 saturated carbocycles. The number of anilines is 3. The number of hydrogen-bond acceptors (Lipinski definition) is 8. The Balaban J connectivity index is 2.18. The van der Waals surface area contributed by atoms with Crippen molar-refractivity contribution >= 4 is 28.7 Å². The molecule has 3 heterocycles. The van der Waals surface area contributed by atoms with E-state index in [4.69, 9.17) is 17.2 Å². The number of aromatic amines is 3. The molecule has 27 heavy (non-hydrogen) atoms. The molecular weight excluding hydrogens is 352 g/mol. The Kier molecular flexibility index (Phi) is 3.37. The van der Waals surface area contributed by atoms with Crippen molar-refractivity contribution in [2.24, 2.45) is 0 Å². The van der Waals surface area contributed by atoms with Gasteiger partial charge in [0.2, 0.25) is 11.9 Å². The summed E-state index contributed by atoms with van der Waals surface area (Å²) >= 11 is 0. The minimum Gasteiger partial charge on any atom is -0.508 e. The highest BCUT2D eigenvalue weighted by Gasteiger charge is 2.24. The fraction of sp³-hybridized carbons (Fsp3) is 0. The van der Waals surface area contributed by atoms with Gasteiger partial charge < -0.3 is 27.3 Å². The molecule has 4 rings (SSSR count). The average Bonchev–Trinajstić information content (AvgIpc) is 2.94. The van der Waals surface area contributed by atoms with Crippen molar-refractivity contribution in [2.75, 3.05) is 17.2 Å². The van der Waals surface area contributed by atoms with Crippen LogP contribution in [0.5, 0.6) is 5.75 Å². The molecule has 0 aliphatic carbocycles. The number of fused-ring (bicyclic) bond motifs is 1. The molecule has 0 aliphatic heterocycles. The maximum absolute atomic E-state index is 12.6. The van der Waals surface area contributed by atoms with Crippen LogP contribution in [0.2, 0.25) is 0 Å². The summed E-state index contributed by atoms with van der Waals surface area (Å²) in [5.41, 5.74) is 17.2. The first-order valence-electron chi connectivity index (χ1n) is 7.71. The summed E-state index contributed by atoms with van der Waals surface area (Å²) in [5.74, 6) is -0.324. The topological polar surface area (TPSA) is 206 Å². The quantitative estimate of drug-likeness (QED) is 0.259. The van der Waals surface area contributed by atoms with E-state index in [1.807, 2.05) is 0 Å². The van der Waals surface area contributed by atoms with Crippen molar-refractivity contribution in [2.45, 2.75) is 0 Å². The van der Waals surface area contributed by atoms with E-state index in [0.717, 1.165) is 0 Å². The number of phenols is 1. The summed E-state index contributed by atoms with van der Waals surface area (Å²) < 4.78 is 0. The summed E-state index contributed by atoms with van der Waals surface area (Å²) in [4.78, 5) is 40.8. The number of aromatic nitrogens is 5. The van der Waals surface area contributed by atoms with E-state index in [2.05, 4.69) is 24.9 Å². The lowest BCUT2D eigenvalue weighted by Gasteiger charge is -2.07. The number of nitrogen functional groups attached to an aromatic ring is 3. The summed E-state index contributed by atoms with van der Waals surface area (Å²) in [6.45, 7) is 0. The molecule has 0 spiro atoms. The van der Waals surface area contributed by atoms with Gasteiger partial charge in [-0.3, -0.25) is 19.6 Å². The van der Waals surface area contributed by atoms with Gasteiger partial charge in [0.25, 0.3) is 11.1 Å². The summed E-state index contributed by atoms with van der Waals surface area (Å²) in [6, 6.07) is 6.14. The predicted octanol–water partition coefficient (Wildman–Crippen LogP) is 0.121. The monoisotopic (exact) mass is 366 g/mol. The van der Waals surface area contributed by atoms with Crippen molar-refractivity contribution in [1.29, 1.82) is 0 Å². The zero-order chi connectivity index (χ0) is 19.3. The number of H-pyrrole nitrogens is 3. The molecule has 0 amide bonds. The fourth-order valence-corrected chi connectivity index (χ4v) is 2.96. The lowest BCUT2D eigenvalue weighted by Crippen LogP contribution is -2.18. The van der Waals surface area contributed by atoms with E-state index in [1.54, 1.807) is 12.1 Å². The zero-order valence-corrected chi connectivity index (χ0v) is 13.7. The molecule has 3 aromatic heterocycles. The van der Waals surface area contributed by atoms with E-state index in [0.29, 0.717) is 11.3 Å². The van der Waals surface area contributed by atoms with E-state index >= 15 is 0 Å². The third kappa shape index (κ3) is 2.54. The molecule has 136 valence electrons. The summed E-state index contributed by atoms with van der Waals surface area (Å²) in [5, 5.41) is 9.63. The number of benzene rings is 1. The SMILES string of the molecule is Nc1nc(N)c(-c2c(-c3ccc(O)cc3)[nH]c3nc(N)[nH]c(=O)c23)c(=O)[nH]1. The molecule has 0 bridgehead atoms. The van der Waals surface area contributed by atoms with Crippen LogP contribution in [0, 0.1) is 0 Å². The largest absolute Gasteiger partial charge is 0.508 e. The molecule has 4 aromatic rings. The van der Waals surface area contributed by atoms with Gasteiger partial charge in [-0.2, -0.15) is 9.97 Å². The van der Waals surface area contributed by atoms with E-state index in [9.17, 15) is 14.7 Å². The predicted molar refractivity (Wildman–Crippen MR) is 101 cm³/mol. The number of aromatic hydroxyl groups is 1. The highest BCUT2D eigenvalue weighted by Crippen LogP contribution is 2.37. The molecule has 11 nitrogen and oxygen atoms in total. The van der Waals surface area contributed by atoms with Gasteiger partial charge >= 0.3 is 0 Å². The maximum Gasteiger partial charge on any atom is 0.262 e. The van der Waals surface area contributed by atoms with Crippen molar-refractivity contribution in [1.82, 2.24) is 24.9 Å². The van der Waals surface area contributed by atoms with Gasteiger partial charge in [0.15, 0.2) is 0 Å². The van der Waals surface area contributed by atoms with Crippen LogP contribution in [0.1, 0.15) is 0 Å². The number of nitrogens with two attached hydrogens (primary N) is 3. The van der Waals surface area contributed by atoms with Gasteiger partial charge in [-0.25, -0.2) is 0 Å². The van der Waals surface area contributed by atoms with E-state index in [1.165, 1.54) is 12.1 Å². The second-order valence-electron chi connectivity index (χ2n) is 5.81. The van der Waals surface area contributed by atoms with Gasteiger partial charge in [0.05, 0.1) is 16.6 Å². The molecule has 0 unspecified atom stereocenters. The fourth-order valence-electron chi connectivity index (χ4n) is 2.96. The molecule has 0 atom stereocenters. The van der Waals surface area contributed by atoms with Crippen molar-refractivity contribution < 1.29 is 5.11 Å². The van der Waals surface area contributed by atoms with Crippen molar-refractivity contribution in [3.05, 3.63) is 45.0 Å². The van der Waals surface area contributed by atoms with Gasteiger partial charge in [0.1, 0.15) is 17.2 Å². The normalized spacial score (nSPS) is 11.1. The number of nitrogens with zero attached hydrogens (tertiary/aromatic N) is 2.